The van der Waals surface area contributed by atoms with Crippen LogP contribution in [0.3, 0.4) is 0 Å². The molecule has 0 radical (unpaired) electrons. The smallest absolute Gasteiger partial charge is 0.283 e. The molecule has 2 aromatic carbocycles. The molecule has 14 heteroatoms. The monoisotopic (exact) mass is 572 g/mol. The number of fused-ring (bicyclic) bond motifs is 2. The predicted octanol–water partition coefficient (Wildman–Crippen LogP) is 2.26. The van der Waals surface area contributed by atoms with Crippen LogP contribution in [0, 0.1) is 0 Å². The Kier molecular flexibility index (Phi) is 6.86. The number of rotatable bonds is 6. The molecule has 11 nitrogen and oxygen atoms in total. The molecule has 38 heavy (non-hydrogen) atoms. The molecule has 2 N–H and O–H groups in total. The summed E-state index contributed by atoms with van der Waals surface area (Å²) in [5.41, 5.74) is 0.972. The van der Waals surface area contributed by atoms with Gasteiger partial charge in [0, 0.05) is 61.5 Å². The van der Waals surface area contributed by atoms with Crippen LogP contribution in [-0.2, 0) is 29.4 Å². The number of nitrogens with one attached hydrogen (secondary N) is 2. The second-order valence-corrected chi connectivity index (χ2v) is 12.8. The number of halogens is 1. The number of hydrogen-bond donors (Lipinski definition) is 2. The molecule has 2 aliphatic rings. The van der Waals surface area contributed by atoms with Crippen molar-refractivity contribution in [1.82, 2.24) is 40.1 Å². The molecule has 1 unspecified atom stereocenters. The molecule has 1 saturated heterocycles. The number of tetrazole rings is 1. The summed E-state index contributed by atoms with van der Waals surface area (Å²) < 4.78 is 28.9. The molecular weight excluding hydrogens is 548 g/mol. The number of aromatic nitrogens is 5. The quantitative estimate of drug-likeness (QED) is 0.359. The normalized spacial score (nSPS) is 18.6. The summed E-state index contributed by atoms with van der Waals surface area (Å²) in [6.45, 7) is 2.18. The number of piperazine rings is 1. The number of hydrogen-bond acceptors (Lipinski definition) is 9. The van der Waals surface area contributed by atoms with E-state index in [0.717, 1.165) is 34.3 Å². The van der Waals surface area contributed by atoms with E-state index in [-0.39, 0.29) is 36.5 Å². The van der Waals surface area contributed by atoms with E-state index in [4.69, 9.17) is 11.6 Å². The van der Waals surface area contributed by atoms with Crippen LogP contribution >= 0.6 is 22.9 Å². The van der Waals surface area contributed by atoms with Crippen molar-refractivity contribution in [3.8, 4) is 0 Å². The highest BCUT2D eigenvalue weighted by molar-refractivity contribution is 7.89. The lowest BCUT2D eigenvalue weighted by Crippen LogP contribution is -2.56. The summed E-state index contributed by atoms with van der Waals surface area (Å²) in [7, 11) is -3.79. The van der Waals surface area contributed by atoms with E-state index in [0.29, 0.717) is 35.2 Å². The van der Waals surface area contributed by atoms with Gasteiger partial charge in [-0.2, -0.15) is 9.52 Å². The first-order chi connectivity index (χ1) is 18.4. The third-order valence-corrected chi connectivity index (χ3v) is 10.2. The molecule has 1 fully saturated rings. The Balaban J connectivity index is 1.26. The van der Waals surface area contributed by atoms with Gasteiger partial charge in [0.1, 0.15) is 0 Å². The van der Waals surface area contributed by atoms with Gasteiger partial charge in [0.25, 0.3) is 5.91 Å². The van der Waals surface area contributed by atoms with E-state index < -0.39 is 10.0 Å². The van der Waals surface area contributed by atoms with Crippen LogP contribution in [-0.4, -0.2) is 81.4 Å². The van der Waals surface area contributed by atoms with E-state index in [9.17, 15) is 13.2 Å². The third kappa shape index (κ3) is 4.92. The van der Waals surface area contributed by atoms with Gasteiger partial charge in [-0.1, -0.05) is 28.9 Å². The topological polar surface area (TPSA) is 137 Å². The van der Waals surface area contributed by atoms with Gasteiger partial charge in [-0.15, -0.1) is 21.5 Å². The minimum Gasteiger partial charge on any atom is -0.331 e. The molecule has 2 aromatic heterocycles. The number of benzene rings is 2. The maximum Gasteiger partial charge on any atom is 0.283 e. The lowest BCUT2D eigenvalue weighted by atomic mass is 10.1. The SMILES string of the molecule is O=C(c1nc2c(s1)CNCC2)N1CCN(S(=O)(=O)c2ccc3cc(Cl)ccc3c2)CC1CCc1nn[nH]n1. The first-order valence-electron chi connectivity index (χ1n) is 12.3. The summed E-state index contributed by atoms with van der Waals surface area (Å²) in [5, 5.41) is 20.1. The number of nitrogens with zero attached hydrogens (tertiary/aromatic N) is 6. The van der Waals surface area contributed by atoms with Crippen molar-refractivity contribution in [2.24, 2.45) is 0 Å². The average molecular weight is 573 g/mol. The molecule has 4 heterocycles. The van der Waals surface area contributed by atoms with Gasteiger partial charge in [-0.05, 0) is 41.5 Å². The first-order valence-corrected chi connectivity index (χ1v) is 14.9. The van der Waals surface area contributed by atoms with E-state index in [1.54, 1.807) is 35.2 Å². The van der Waals surface area contributed by atoms with Crippen molar-refractivity contribution in [3.63, 3.8) is 0 Å². The minimum absolute atomic E-state index is 0.164. The van der Waals surface area contributed by atoms with Crippen LogP contribution in [0.2, 0.25) is 5.02 Å². The number of aromatic amines is 1. The molecular formula is C24H25ClN8O3S2. The van der Waals surface area contributed by atoms with Crippen molar-refractivity contribution < 1.29 is 13.2 Å². The Hall–Kier alpha value is -2.97. The van der Waals surface area contributed by atoms with E-state index >= 15 is 0 Å². The Labute approximate surface area is 228 Å². The van der Waals surface area contributed by atoms with Gasteiger partial charge < -0.3 is 10.2 Å². The second kappa shape index (κ2) is 10.3. The number of aryl methyl sites for hydroxylation is 1. The summed E-state index contributed by atoms with van der Waals surface area (Å²) in [4.78, 5) is 21.3. The number of sulfonamides is 1. The van der Waals surface area contributed by atoms with Crippen LogP contribution in [0.25, 0.3) is 10.8 Å². The molecule has 0 aliphatic carbocycles. The molecule has 198 valence electrons. The van der Waals surface area contributed by atoms with Crippen LogP contribution in [0.1, 0.15) is 32.6 Å². The van der Waals surface area contributed by atoms with E-state index in [1.807, 2.05) is 6.07 Å². The fourth-order valence-corrected chi connectivity index (χ4v) is 7.71. The molecule has 1 amide bonds. The second-order valence-electron chi connectivity index (χ2n) is 9.35. The highest BCUT2D eigenvalue weighted by atomic mass is 35.5. The lowest BCUT2D eigenvalue weighted by molar-refractivity contribution is 0.0550. The van der Waals surface area contributed by atoms with Crippen molar-refractivity contribution in [3.05, 3.63) is 62.8 Å². The minimum atomic E-state index is -3.79. The molecule has 2 aliphatic heterocycles. The highest BCUT2D eigenvalue weighted by Gasteiger charge is 2.38. The third-order valence-electron chi connectivity index (χ3n) is 6.99. The van der Waals surface area contributed by atoms with E-state index in [2.05, 4.69) is 30.9 Å². The van der Waals surface area contributed by atoms with Crippen molar-refractivity contribution >= 4 is 49.6 Å². The molecule has 0 saturated carbocycles. The lowest BCUT2D eigenvalue weighted by Gasteiger charge is -2.40. The fourth-order valence-electron chi connectivity index (χ4n) is 4.99. The van der Waals surface area contributed by atoms with E-state index in [1.165, 1.54) is 15.6 Å². The zero-order valence-electron chi connectivity index (χ0n) is 20.3. The summed E-state index contributed by atoms with van der Waals surface area (Å²) >= 11 is 7.50. The maximum absolute atomic E-state index is 13.7. The molecule has 0 spiro atoms. The zero-order chi connectivity index (χ0) is 26.3. The number of thiazole rings is 1. The standard InChI is InChI=1S/C24H25ClN8O3S2/c25-17-3-1-16-12-19(5-2-15(16)11-17)38(35,36)32-9-10-33(18(14-32)4-6-22-28-30-31-29-22)24(34)23-27-20-7-8-26-13-21(20)37-23/h1-3,5,11-12,18,26H,4,6-10,13-14H2,(H,28,29,30,31). The Morgan fingerprint density at radius 3 is 2.82 bits per heavy atom. The Bertz CT molecular complexity index is 1570. The Morgan fingerprint density at radius 1 is 1.16 bits per heavy atom. The zero-order valence-corrected chi connectivity index (χ0v) is 22.7. The first kappa shape index (κ1) is 25.3. The van der Waals surface area contributed by atoms with Crippen molar-refractivity contribution in [2.75, 3.05) is 26.2 Å². The average Bonchev–Trinajstić information content (AvgIpc) is 3.61. The predicted molar refractivity (Wildman–Crippen MR) is 143 cm³/mol. The summed E-state index contributed by atoms with van der Waals surface area (Å²) in [5.74, 6) is 0.350. The summed E-state index contributed by atoms with van der Waals surface area (Å²) in [6.07, 6.45) is 1.73. The maximum atomic E-state index is 13.7. The highest BCUT2D eigenvalue weighted by Crippen LogP contribution is 2.29. The molecule has 0 bridgehead atoms. The van der Waals surface area contributed by atoms with Gasteiger partial charge in [-0.3, -0.25) is 4.79 Å². The van der Waals surface area contributed by atoms with Gasteiger partial charge in [-0.25, -0.2) is 13.4 Å². The number of H-pyrrole nitrogens is 1. The number of carbonyl (C=O) groups is 1. The molecule has 6 rings (SSSR count). The summed E-state index contributed by atoms with van der Waals surface area (Å²) in [6, 6.07) is 10.0. The van der Waals surface area contributed by atoms with Crippen LogP contribution < -0.4 is 5.32 Å². The van der Waals surface area contributed by atoms with Crippen LogP contribution in [0.15, 0.2) is 41.3 Å². The number of amides is 1. The van der Waals surface area contributed by atoms with Crippen molar-refractivity contribution in [1.29, 1.82) is 0 Å². The Morgan fingerprint density at radius 2 is 2.00 bits per heavy atom. The largest absolute Gasteiger partial charge is 0.331 e. The van der Waals surface area contributed by atoms with Gasteiger partial charge in [0.15, 0.2) is 10.8 Å². The van der Waals surface area contributed by atoms with Crippen LogP contribution in [0.5, 0.6) is 0 Å². The number of carbonyl (C=O) groups excluding carboxylic acids is 1. The van der Waals surface area contributed by atoms with Crippen LogP contribution in [0.4, 0.5) is 0 Å². The van der Waals surface area contributed by atoms with Crippen molar-refractivity contribution in [2.45, 2.75) is 36.7 Å². The van der Waals surface area contributed by atoms with Gasteiger partial charge in [0.05, 0.1) is 10.6 Å². The fraction of sp³-hybridized carbons (Fsp3) is 0.375. The van der Waals surface area contributed by atoms with Gasteiger partial charge in [0.2, 0.25) is 10.0 Å². The van der Waals surface area contributed by atoms with Gasteiger partial charge >= 0.3 is 0 Å². The molecule has 4 aromatic rings. The molecule has 1 atom stereocenters.